The molecule has 8 heteroatoms. The molecule has 128 valence electrons. The summed E-state index contributed by atoms with van der Waals surface area (Å²) in [5.74, 6) is -1.57. The highest BCUT2D eigenvalue weighted by atomic mass is 19.1. The van der Waals surface area contributed by atoms with Crippen LogP contribution in [0.5, 0.6) is 0 Å². The third-order valence-electron chi connectivity index (χ3n) is 3.55. The van der Waals surface area contributed by atoms with Crippen molar-refractivity contribution in [1.82, 2.24) is 15.5 Å². The van der Waals surface area contributed by atoms with Crippen LogP contribution >= 0.6 is 0 Å². The van der Waals surface area contributed by atoms with Crippen LogP contribution in [-0.4, -0.2) is 27.2 Å². The summed E-state index contributed by atoms with van der Waals surface area (Å²) in [4.78, 5) is 23.4. The summed E-state index contributed by atoms with van der Waals surface area (Å²) in [6.07, 6.45) is 1.15. The summed E-state index contributed by atoms with van der Waals surface area (Å²) < 4.78 is 18.3. The molecule has 0 aliphatic rings. The molecule has 1 atom stereocenters. The fourth-order valence-corrected chi connectivity index (χ4v) is 2.35. The van der Waals surface area contributed by atoms with Crippen molar-refractivity contribution in [3.63, 3.8) is 0 Å². The van der Waals surface area contributed by atoms with E-state index in [2.05, 4.69) is 15.5 Å². The number of hydrogen-bond acceptors (Lipinski definition) is 4. The quantitative estimate of drug-likeness (QED) is 0.638. The van der Waals surface area contributed by atoms with Gasteiger partial charge in [-0.1, -0.05) is 12.1 Å². The summed E-state index contributed by atoms with van der Waals surface area (Å²) in [6.45, 7) is 0. The normalized spacial score (nSPS) is 11.9. The zero-order valence-corrected chi connectivity index (χ0v) is 12.9. The lowest BCUT2D eigenvalue weighted by Crippen LogP contribution is -2.30. The first-order valence-corrected chi connectivity index (χ1v) is 7.40. The van der Waals surface area contributed by atoms with E-state index in [9.17, 15) is 14.0 Å². The zero-order chi connectivity index (χ0) is 17.8. The number of hydrogen-bond donors (Lipinski definition) is 3. The first kappa shape index (κ1) is 16.4. The van der Waals surface area contributed by atoms with Crippen LogP contribution < -0.4 is 5.32 Å². The lowest BCUT2D eigenvalue weighted by Gasteiger charge is -2.16. The number of carboxylic acid groups (broad SMARTS) is 1. The minimum Gasteiger partial charge on any atom is -0.481 e. The van der Waals surface area contributed by atoms with Crippen LogP contribution in [0.25, 0.3) is 11.5 Å². The number of amides is 1. The van der Waals surface area contributed by atoms with Crippen molar-refractivity contribution in [3.05, 3.63) is 65.8 Å². The monoisotopic (exact) mass is 343 g/mol. The number of aliphatic carboxylic acids is 1. The number of aromatic amines is 1. The SMILES string of the molecule is O=C(O)CC(NC(=O)c1cc(-c2ccco2)[nH]n1)c1ccc(F)cc1. The van der Waals surface area contributed by atoms with Gasteiger partial charge >= 0.3 is 5.97 Å². The Hall–Kier alpha value is -3.42. The molecule has 0 saturated heterocycles. The Bertz CT molecular complexity index is 872. The van der Waals surface area contributed by atoms with Gasteiger partial charge in [0.1, 0.15) is 11.5 Å². The maximum absolute atomic E-state index is 13.1. The molecule has 1 amide bonds. The van der Waals surface area contributed by atoms with Crippen molar-refractivity contribution in [3.8, 4) is 11.5 Å². The smallest absolute Gasteiger partial charge is 0.305 e. The van der Waals surface area contributed by atoms with Crippen LogP contribution in [0.3, 0.4) is 0 Å². The highest BCUT2D eigenvalue weighted by Gasteiger charge is 2.21. The van der Waals surface area contributed by atoms with Crippen molar-refractivity contribution in [2.45, 2.75) is 12.5 Å². The molecule has 0 aliphatic carbocycles. The Morgan fingerprint density at radius 2 is 2.04 bits per heavy atom. The number of carbonyl (C=O) groups is 2. The lowest BCUT2D eigenvalue weighted by atomic mass is 10.0. The molecule has 3 rings (SSSR count). The van der Waals surface area contributed by atoms with Gasteiger partial charge in [0.15, 0.2) is 11.5 Å². The van der Waals surface area contributed by atoms with E-state index in [4.69, 9.17) is 9.52 Å². The zero-order valence-electron chi connectivity index (χ0n) is 12.9. The van der Waals surface area contributed by atoms with Crippen molar-refractivity contribution in [2.75, 3.05) is 0 Å². The summed E-state index contributed by atoms with van der Waals surface area (Å²) in [5, 5.41) is 18.2. The van der Waals surface area contributed by atoms with E-state index < -0.39 is 23.7 Å². The van der Waals surface area contributed by atoms with Gasteiger partial charge in [-0.2, -0.15) is 5.10 Å². The third kappa shape index (κ3) is 3.92. The van der Waals surface area contributed by atoms with Gasteiger partial charge in [-0.15, -0.1) is 0 Å². The molecule has 2 heterocycles. The molecule has 7 nitrogen and oxygen atoms in total. The number of rotatable bonds is 6. The molecule has 0 aliphatic heterocycles. The number of furan rings is 1. The molecule has 0 spiro atoms. The van der Waals surface area contributed by atoms with E-state index in [1.54, 1.807) is 12.1 Å². The molecule has 0 saturated carbocycles. The van der Waals surface area contributed by atoms with E-state index in [1.807, 2.05) is 0 Å². The third-order valence-corrected chi connectivity index (χ3v) is 3.55. The van der Waals surface area contributed by atoms with Gasteiger partial charge in [-0.05, 0) is 29.8 Å². The van der Waals surface area contributed by atoms with Crippen LogP contribution in [0.2, 0.25) is 0 Å². The Labute approximate surface area is 141 Å². The first-order chi connectivity index (χ1) is 12.0. The second kappa shape index (κ2) is 7.00. The molecule has 25 heavy (non-hydrogen) atoms. The number of carbonyl (C=O) groups excluding carboxylic acids is 1. The largest absolute Gasteiger partial charge is 0.481 e. The van der Waals surface area contributed by atoms with Crippen molar-refractivity contribution in [2.24, 2.45) is 0 Å². The predicted octanol–water partition coefficient (Wildman–Crippen LogP) is 2.75. The maximum Gasteiger partial charge on any atom is 0.305 e. The second-order valence-corrected chi connectivity index (χ2v) is 5.32. The topological polar surface area (TPSA) is 108 Å². The Kier molecular flexibility index (Phi) is 4.60. The average molecular weight is 343 g/mol. The molecule has 0 radical (unpaired) electrons. The standard InChI is InChI=1S/C17H14FN3O4/c18-11-5-3-10(4-6-11)12(9-16(22)23)19-17(24)14-8-13(20-21-14)15-2-1-7-25-15/h1-8,12H,9H2,(H,19,24)(H,20,21)(H,22,23). The van der Waals surface area contributed by atoms with Gasteiger partial charge < -0.3 is 14.8 Å². The minimum atomic E-state index is -1.09. The van der Waals surface area contributed by atoms with Crippen LogP contribution in [0.15, 0.2) is 53.1 Å². The Balaban J connectivity index is 1.78. The van der Waals surface area contributed by atoms with E-state index in [-0.39, 0.29) is 12.1 Å². The van der Waals surface area contributed by atoms with Crippen LogP contribution in [0.4, 0.5) is 4.39 Å². The number of carboxylic acids is 1. The van der Waals surface area contributed by atoms with Crippen LogP contribution in [-0.2, 0) is 4.79 Å². The minimum absolute atomic E-state index is 0.0869. The van der Waals surface area contributed by atoms with Gasteiger partial charge in [-0.25, -0.2) is 4.39 Å². The number of halogens is 1. The average Bonchev–Trinajstić information content (AvgIpc) is 3.26. The number of H-pyrrole nitrogens is 1. The summed E-state index contributed by atoms with van der Waals surface area (Å²) >= 11 is 0. The van der Waals surface area contributed by atoms with E-state index >= 15 is 0 Å². The Morgan fingerprint density at radius 1 is 1.28 bits per heavy atom. The maximum atomic E-state index is 13.1. The molecule has 1 aromatic carbocycles. The molecule has 0 bridgehead atoms. The van der Waals surface area contributed by atoms with Gasteiger partial charge in [0.05, 0.1) is 18.7 Å². The number of aromatic nitrogens is 2. The van der Waals surface area contributed by atoms with Crippen molar-refractivity contribution < 1.29 is 23.5 Å². The van der Waals surface area contributed by atoms with Crippen LogP contribution in [0.1, 0.15) is 28.5 Å². The molecule has 3 N–H and O–H groups in total. The van der Waals surface area contributed by atoms with Crippen LogP contribution in [0, 0.1) is 5.82 Å². The predicted molar refractivity (Wildman–Crippen MR) is 85.1 cm³/mol. The molecular weight excluding hydrogens is 329 g/mol. The van der Waals surface area contributed by atoms with E-state index in [0.717, 1.165) is 0 Å². The summed E-state index contributed by atoms with van der Waals surface area (Å²) in [7, 11) is 0. The van der Waals surface area contributed by atoms with Crippen molar-refractivity contribution >= 4 is 11.9 Å². The number of benzene rings is 1. The molecule has 1 unspecified atom stereocenters. The second-order valence-electron chi connectivity index (χ2n) is 5.32. The summed E-state index contributed by atoms with van der Waals surface area (Å²) in [6, 6.07) is 9.38. The number of nitrogens with zero attached hydrogens (tertiary/aromatic N) is 1. The highest BCUT2D eigenvalue weighted by Crippen LogP contribution is 2.20. The number of nitrogens with one attached hydrogen (secondary N) is 2. The fraction of sp³-hybridized carbons (Fsp3) is 0.118. The van der Waals surface area contributed by atoms with Gasteiger partial charge in [0.2, 0.25) is 0 Å². The fourth-order valence-electron chi connectivity index (χ4n) is 2.35. The summed E-state index contributed by atoms with van der Waals surface area (Å²) in [5.41, 5.74) is 1.09. The van der Waals surface area contributed by atoms with E-state index in [0.29, 0.717) is 17.0 Å². The lowest BCUT2D eigenvalue weighted by molar-refractivity contribution is -0.137. The van der Waals surface area contributed by atoms with E-state index in [1.165, 1.54) is 36.6 Å². The molecule has 3 aromatic rings. The Morgan fingerprint density at radius 3 is 2.68 bits per heavy atom. The van der Waals surface area contributed by atoms with Gasteiger partial charge in [0, 0.05) is 6.07 Å². The molecule has 2 aromatic heterocycles. The van der Waals surface area contributed by atoms with Gasteiger partial charge in [0.25, 0.3) is 5.91 Å². The van der Waals surface area contributed by atoms with Gasteiger partial charge in [-0.3, -0.25) is 14.7 Å². The highest BCUT2D eigenvalue weighted by molar-refractivity contribution is 5.93. The first-order valence-electron chi connectivity index (χ1n) is 7.40. The molecule has 0 fully saturated rings. The van der Waals surface area contributed by atoms with Crippen molar-refractivity contribution in [1.29, 1.82) is 0 Å². The molecular formula is C17H14FN3O4.